The van der Waals surface area contributed by atoms with Gasteiger partial charge in [0.1, 0.15) is 0 Å². The zero-order valence-corrected chi connectivity index (χ0v) is 7.72. The lowest BCUT2D eigenvalue weighted by Gasteiger charge is -1.91. The quantitative estimate of drug-likeness (QED) is 0.585. The Kier molecular flexibility index (Phi) is 3.10. The predicted molar refractivity (Wildman–Crippen MR) is 52.1 cm³/mol. The van der Waals surface area contributed by atoms with E-state index in [9.17, 15) is 4.79 Å². The zero-order chi connectivity index (χ0) is 9.68. The van der Waals surface area contributed by atoms with Crippen molar-refractivity contribution < 1.29 is 4.79 Å². The van der Waals surface area contributed by atoms with Crippen LogP contribution in [-0.4, -0.2) is 13.0 Å². The van der Waals surface area contributed by atoms with Gasteiger partial charge in [0, 0.05) is 18.5 Å². The molecule has 0 aliphatic heterocycles. The summed E-state index contributed by atoms with van der Waals surface area (Å²) >= 11 is 0. The van der Waals surface area contributed by atoms with E-state index in [0.29, 0.717) is 0 Å². The van der Waals surface area contributed by atoms with Gasteiger partial charge in [0.05, 0.1) is 0 Å². The van der Waals surface area contributed by atoms with Crippen LogP contribution < -0.4 is 5.32 Å². The fourth-order valence-corrected chi connectivity index (χ4v) is 0.914. The summed E-state index contributed by atoms with van der Waals surface area (Å²) in [7, 11) is 1.56. The van der Waals surface area contributed by atoms with Gasteiger partial charge in [0.15, 0.2) is 0 Å². The maximum absolute atomic E-state index is 10.8. The van der Waals surface area contributed by atoms with Crippen molar-refractivity contribution in [3.8, 4) is 11.8 Å². The number of rotatable bonds is 0. The highest BCUT2D eigenvalue weighted by molar-refractivity contribution is 5.93. The van der Waals surface area contributed by atoms with E-state index in [0.717, 1.165) is 11.1 Å². The van der Waals surface area contributed by atoms with Crippen molar-refractivity contribution in [1.82, 2.24) is 5.32 Å². The summed E-state index contributed by atoms with van der Waals surface area (Å²) in [6, 6.07) is 7.73. The maximum Gasteiger partial charge on any atom is 0.295 e. The number of amides is 1. The molecule has 1 aromatic carbocycles. The Morgan fingerprint density at radius 1 is 1.46 bits per heavy atom. The lowest BCUT2D eigenvalue weighted by Crippen LogP contribution is -2.14. The van der Waals surface area contributed by atoms with Crippen molar-refractivity contribution in [2.75, 3.05) is 7.05 Å². The molecule has 0 aliphatic carbocycles. The van der Waals surface area contributed by atoms with Gasteiger partial charge in [-0.05, 0) is 24.6 Å². The summed E-state index contributed by atoms with van der Waals surface area (Å²) in [5, 5.41) is 2.44. The van der Waals surface area contributed by atoms with E-state index in [4.69, 9.17) is 0 Å². The van der Waals surface area contributed by atoms with E-state index >= 15 is 0 Å². The standard InChI is InChI=1S/C11H11NO/c1-9-4-3-5-10(8-9)6-7-11(13)12-2/h3-5,8H,1-2H3,(H,12,13). The summed E-state index contributed by atoms with van der Waals surface area (Å²) in [5.41, 5.74) is 2.01. The molecule has 2 nitrogen and oxygen atoms in total. The third-order valence-corrected chi connectivity index (χ3v) is 1.57. The van der Waals surface area contributed by atoms with Crippen LogP contribution in [0.25, 0.3) is 0 Å². The van der Waals surface area contributed by atoms with Gasteiger partial charge >= 0.3 is 0 Å². The van der Waals surface area contributed by atoms with Crippen molar-refractivity contribution in [2.45, 2.75) is 6.92 Å². The summed E-state index contributed by atoms with van der Waals surface area (Å²) in [5.74, 6) is 4.99. The Balaban J connectivity index is 2.83. The molecule has 1 N–H and O–H groups in total. The highest BCUT2D eigenvalue weighted by Crippen LogP contribution is 2.01. The number of carbonyl (C=O) groups excluding carboxylic acids is 1. The Hall–Kier alpha value is -1.75. The predicted octanol–water partition coefficient (Wildman–Crippen LogP) is 1.09. The number of nitrogens with one attached hydrogen (secondary N) is 1. The summed E-state index contributed by atoms with van der Waals surface area (Å²) in [6.07, 6.45) is 0. The van der Waals surface area contributed by atoms with Crippen molar-refractivity contribution >= 4 is 5.91 Å². The van der Waals surface area contributed by atoms with Gasteiger partial charge < -0.3 is 5.32 Å². The van der Waals surface area contributed by atoms with Crippen LogP contribution in [0.3, 0.4) is 0 Å². The minimum atomic E-state index is -0.262. The van der Waals surface area contributed by atoms with Crippen molar-refractivity contribution in [3.63, 3.8) is 0 Å². The SMILES string of the molecule is CNC(=O)C#Cc1cccc(C)c1. The average Bonchev–Trinajstić information content (AvgIpc) is 2.14. The van der Waals surface area contributed by atoms with Crippen LogP contribution in [-0.2, 0) is 4.79 Å². The van der Waals surface area contributed by atoms with Crippen LogP contribution in [0.5, 0.6) is 0 Å². The first-order valence-electron chi connectivity index (χ1n) is 4.03. The molecule has 0 unspecified atom stereocenters. The molecule has 0 atom stereocenters. The smallest absolute Gasteiger partial charge is 0.295 e. The number of hydrogen-bond acceptors (Lipinski definition) is 1. The molecule has 0 saturated carbocycles. The summed E-state index contributed by atoms with van der Waals surface area (Å²) < 4.78 is 0. The van der Waals surface area contributed by atoms with Gasteiger partial charge in [-0.25, -0.2) is 0 Å². The molecular weight excluding hydrogens is 162 g/mol. The van der Waals surface area contributed by atoms with Gasteiger partial charge in [0.25, 0.3) is 5.91 Å². The number of benzene rings is 1. The lowest BCUT2D eigenvalue weighted by molar-refractivity contribution is -0.115. The van der Waals surface area contributed by atoms with E-state index in [1.165, 1.54) is 0 Å². The molecule has 1 aromatic rings. The molecule has 0 aromatic heterocycles. The van der Waals surface area contributed by atoms with Gasteiger partial charge in [-0.15, -0.1) is 0 Å². The maximum atomic E-state index is 10.8. The molecule has 13 heavy (non-hydrogen) atoms. The molecule has 1 rings (SSSR count). The molecule has 1 amide bonds. The minimum absolute atomic E-state index is 0.262. The fourth-order valence-electron chi connectivity index (χ4n) is 0.914. The number of carbonyl (C=O) groups is 1. The molecule has 66 valence electrons. The van der Waals surface area contributed by atoms with E-state index in [-0.39, 0.29) is 5.91 Å². The average molecular weight is 173 g/mol. The third-order valence-electron chi connectivity index (χ3n) is 1.57. The first kappa shape index (κ1) is 9.34. The van der Waals surface area contributed by atoms with Gasteiger partial charge in [-0.2, -0.15) is 0 Å². The Morgan fingerprint density at radius 2 is 2.23 bits per heavy atom. The van der Waals surface area contributed by atoms with Gasteiger partial charge in [-0.3, -0.25) is 4.79 Å². The molecule has 2 heteroatoms. The van der Waals surface area contributed by atoms with Gasteiger partial charge in [0.2, 0.25) is 0 Å². The van der Waals surface area contributed by atoms with E-state index in [2.05, 4.69) is 17.2 Å². The third kappa shape index (κ3) is 3.00. The van der Waals surface area contributed by atoms with Crippen LogP contribution >= 0.6 is 0 Å². The first-order chi connectivity index (χ1) is 6.22. The second-order valence-corrected chi connectivity index (χ2v) is 2.70. The Labute approximate surface area is 78.0 Å². The first-order valence-corrected chi connectivity index (χ1v) is 4.03. The topological polar surface area (TPSA) is 29.1 Å². The largest absolute Gasteiger partial charge is 0.348 e. The lowest BCUT2D eigenvalue weighted by atomic mass is 10.1. The van der Waals surface area contributed by atoms with Crippen molar-refractivity contribution in [2.24, 2.45) is 0 Å². The Morgan fingerprint density at radius 3 is 2.85 bits per heavy atom. The van der Waals surface area contributed by atoms with Crippen molar-refractivity contribution in [3.05, 3.63) is 35.4 Å². The van der Waals surface area contributed by atoms with Crippen LogP contribution in [0.4, 0.5) is 0 Å². The van der Waals surface area contributed by atoms with E-state index in [1.54, 1.807) is 7.05 Å². The molecule has 0 aliphatic rings. The molecule has 0 bridgehead atoms. The van der Waals surface area contributed by atoms with Crippen LogP contribution in [0.1, 0.15) is 11.1 Å². The highest BCUT2D eigenvalue weighted by atomic mass is 16.1. The highest BCUT2D eigenvalue weighted by Gasteiger charge is 1.89. The van der Waals surface area contributed by atoms with E-state index in [1.807, 2.05) is 31.2 Å². The number of aryl methyl sites for hydroxylation is 1. The Bertz CT molecular complexity index is 371. The minimum Gasteiger partial charge on any atom is -0.348 e. The zero-order valence-electron chi connectivity index (χ0n) is 7.72. The molecule has 0 radical (unpaired) electrons. The second-order valence-electron chi connectivity index (χ2n) is 2.70. The van der Waals surface area contributed by atoms with Gasteiger partial charge in [-0.1, -0.05) is 18.1 Å². The van der Waals surface area contributed by atoms with Crippen molar-refractivity contribution in [1.29, 1.82) is 0 Å². The molecule has 0 fully saturated rings. The second kappa shape index (κ2) is 4.32. The fraction of sp³-hybridized carbons (Fsp3) is 0.182. The van der Waals surface area contributed by atoms with Crippen LogP contribution in [0.15, 0.2) is 24.3 Å². The summed E-state index contributed by atoms with van der Waals surface area (Å²) in [4.78, 5) is 10.8. The number of hydrogen-bond donors (Lipinski definition) is 1. The van der Waals surface area contributed by atoms with E-state index < -0.39 is 0 Å². The van der Waals surface area contributed by atoms with Crippen LogP contribution in [0, 0.1) is 18.8 Å². The normalized spacial score (nSPS) is 8.46. The van der Waals surface area contributed by atoms with Crippen LogP contribution in [0.2, 0.25) is 0 Å². The summed E-state index contributed by atoms with van der Waals surface area (Å²) in [6.45, 7) is 1.99. The molecular formula is C11H11NO. The molecule has 0 saturated heterocycles. The monoisotopic (exact) mass is 173 g/mol. The molecule has 0 spiro atoms. The molecule has 0 heterocycles.